The summed E-state index contributed by atoms with van der Waals surface area (Å²) in [6.07, 6.45) is 7.56. The van der Waals surface area contributed by atoms with Crippen LogP contribution in [0, 0.1) is 0 Å². The van der Waals surface area contributed by atoms with Crippen molar-refractivity contribution in [3.8, 4) is 11.5 Å². The predicted molar refractivity (Wildman–Crippen MR) is 94.8 cm³/mol. The Labute approximate surface area is 145 Å². The highest BCUT2D eigenvalue weighted by Crippen LogP contribution is 2.36. The largest absolute Gasteiger partial charge is 0.493 e. The lowest BCUT2D eigenvalue weighted by Crippen LogP contribution is -2.30. The predicted octanol–water partition coefficient (Wildman–Crippen LogP) is 4.98. The van der Waals surface area contributed by atoms with Crippen molar-refractivity contribution in [2.75, 3.05) is 13.7 Å². The zero-order valence-electron chi connectivity index (χ0n) is 13.5. The summed E-state index contributed by atoms with van der Waals surface area (Å²) in [6, 6.07) is 4.64. The second kappa shape index (κ2) is 10.2. The molecule has 1 N–H and O–H groups in total. The van der Waals surface area contributed by atoms with Crippen LogP contribution in [-0.4, -0.2) is 19.8 Å². The highest BCUT2D eigenvalue weighted by molar-refractivity contribution is 6.32. The molecule has 5 heteroatoms. The van der Waals surface area contributed by atoms with Gasteiger partial charge in [0.1, 0.15) is 0 Å². The van der Waals surface area contributed by atoms with Crippen molar-refractivity contribution in [3.63, 3.8) is 0 Å². The molecule has 0 unspecified atom stereocenters. The zero-order chi connectivity index (χ0) is 15.1. The maximum Gasteiger partial charge on any atom is 0.179 e. The molecule has 0 saturated heterocycles. The summed E-state index contributed by atoms with van der Waals surface area (Å²) in [4.78, 5) is 0. The highest BCUT2D eigenvalue weighted by Gasteiger charge is 2.15. The number of rotatable bonds is 7. The van der Waals surface area contributed by atoms with Gasteiger partial charge < -0.3 is 14.8 Å². The Bertz CT molecular complexity index is 449. The Morgan fingerprint density at radius 3 is 2.59 bits per heavy atom. The molecule has 22 heavy (non-hydrogen) atoms. The molecular weight excluding hydrogens is 321 g/mol. The fraction of sp³-hybridized carbons (Fsp3) is 0.647. The monoisotopic (exact) mass is 347 g/mol. The van der Waals surface area contributed by atoms with E-state index in [1.54, 1.807) is 7.11 Å². The van der Waals surface area contributed by atoms with Crippen LogP contribution in [0.5, 0.6) is 11.5 Å². The van der Waals surface area contributed by atoms with Crippen molar-refractivity contribution in [1.29, 1.82) is 0 Å². The van der Waals surface area contributed by atoms with E-state index in [0.717, 1.165) is 24.3 Å². The van der Waals surface area contributed by atoms with E-state index >= 15 is 0 Å². The van der Waals surface area contributed by atoms with Crippen molar-refractivity contribution < 1.29 is 9.47 Å². The summed E-state index contributed by atoms with van der Waals surface area (Å²) in [7, 11) is 1.66. The van der Waals surface area contributed by atoms with Gasteiger partial charge in [0.2, 0.25) is 0 Å². The van der Waals surface area contributed by atoms with Crippen LogP contribution in [0.15, 0.2) is 12.1 Å². The number of benzene rings is 1. The fourth-order valence-electron chi connectivity index (χ4n) is 2.79. The molecule has 0 heterocycles. The molecule has 1 aromatic carbocycles. The summed E-state index contributed by atoms with van der Waals surface area (Å²) in [5, 5.41) is 4.25. The van der Waals surface area contributed by atoms with Gasteiger partial charge >= 0.3 is 0 Å². The average Bonchev–Trinajstić information content (AvgIpc) is 2.52. The van der Waals surface area contributed by atoms with E-state index in [4.69, 9.17) is 21.1 Å². The van der Waals surface area contributed by atoms with E-state index in [-0.39, 0.29) is 12.4 Å². The first-order valence-electron chi connectivity index (χ1n) is 7.97. The minimum absolute atomic E-state index is 0. The number of hydrogen-bond acceptors (Lipinski definition) is 3. The molecule has 0 spiro atoms. The Balaban J connectivity index is 0.00000242. The lowest BCUT2D eigenvalue weighted by Gasteiger charge is -2.23. The summed E-state index contributed by atoms with van der Waals surface area (Å²) >= 11 is 6.34. The number of halogens is 2. The molecule has 2 rings (SSSR count). The van der Waals surface area contributed by atoms with Crippen LogP contribution in [0.2, 0.25) is 5.02 Å². The molecule has 126 valence electrons. The van der Waals surface area contributed by atoms with Gasteiger partial charge in [-0.15, -0.1) is 12.4 Å². The number of nitrogens with one attached hydrogen (secondary N) is 1. The molecule has 1 fully saturated rings. The SMILES string of the molecule is CCCOc1c(Cl)cc(CNC2CCCCC2)cc1OC.Cl. The van der Waals surface area contributed by atoms with Gasteiger partial charge in [0.25, 0.3) is 0 Å². The maximum atomic E-state index is 6.34. The Morgan fingerprint density at radius 2 is 1.95 bits per heavy atom. The van der Waals surface area contributed by atoms with Crippen molar-refractivity contribution >= 4 is 24.0 Å². The standard InChI is InChI=1S/C17H26ClNO2.ClH/c1-3-9-21-17-15(18)10-13(11-16(17)20-2)12-19-14-7-5-4-6-8-14;/h10-11,14,19H,3-9,12H2,1-2H3;1H. The van der Waals surface area contributed by atoms with E-state index in [1.807, 2.05) is 12.1 Å². The third-order valence-electron chi connectivity index (χ3n) is 3.94. The van der Waals surface area contributed by atoms with E-state index in [0.29, 0.717) is 23.4 Å². The van der Waals surface area contributed by atoms with Gasteiger partial charge in [0.15, 0.2) is 11.5 Å². The summed E-state index contributed by atoms with van der Waals surface area (Å²) in [6.45, 7) is 3.55. The minimum atomic E-state index is 0. The number of hydrogen-bond donors (Lipinski definition) is 1. The lowest BCUT2D eigenvalue weighted by atomic mass is 9.95. The van der Waals surface area contributed by atoms with Crippen LogP contribution < -0.4 is 14.8 Å². The molecule has 0 radical (unpaired) electrons. The van der Waals surface area contributed by atoms with Gasteiger partial charge in [0, 0.05) is 12.6 Å². The van der Waals surface area contributed by atoms with E-state index in [9.17, 15) is 0 Å². The van der Waals surface area contributed by atoms with Crippen molar-refractivity contribution in [2.24, 2.45) is 0 Å². The fourth-order valence-corrected chi connectivity index (χ4v) is 3.08. The smallest absolute Gasteiger partial charge is 0.179 e. The first-order chi connectivity index (χ1) is 10.2. The second-order valence-electron chi connectivity index (χ2n) is 5.67. The van der Waals surface area contributed by atoms with Gasteiger partial charge in [-0.2, -0.15) is 0 Å². The topological polar surface area (TPSA) is 30.5 Å². The maximum absolute atomic E-state index is 6.34. The first kappa shape index (κ1) is 19.4. The van der Waals surface area contributed by atoms with Crippen LogP contribution in [0.25, 0.3) is 0 Å². The molecule has 1 aliphatic carbocycles. The van der Waals surface area contributed by atoms with Gasteiger partial charge in [0.05, 0.1) is 18.7 Å². The van der Waals surface area contributed by atoms with Crippen LogP contribution in [0.3, 0.4) is 0 Å². The average molecular weight is 348 g/mol. The van der Waals surface area contributed by atoms with Gasteiger partial charge in [-0.25, -0.2) is 0 Å². The summed E-state index contributed by atoms with van der Waals surface area (Å²) < 4.78 is 11.1. The van der Waals surface area contributed by atoms with Crippen molar-refractivity contribution in [3.05, 3.63) is 22.7 Å². The van der Waals surface area contributed by atoms with Crippen molar-refractivity contribution in [2.45, 2.75) is 58.0 Å². The molecule has 0 bridgehead atoms. The normalized spacial score (nSPS) is 15.2. The third-order valence-corrected chi connectivity index (χ3v) is 4.22. The highest BCUT2D eigenvalue weighted by atomic mass is 35.5. The number of ether oxygens (including phenoxy) is 2. The van der Waals surface area contributed by atoms with Crippen LogP contribution in [0.4, 0.5) is 0 Å². The molecule has 0 aromatic heterocycles. The molecule has 0 aliphatic heterocycles. The molecule has 0 atom stereocenters. The minimum Gasteiger partial charge on any atom is -0.493 e. The van der Waals surface area contributed by atoms with Crippen LogP contribution >= 0.6 is 24.0 Å². The van der Waals surface area contributed by atoms with E-state index in [1.165, 1.54) is 32.1 Å². The lowest BCUT2D eigenvalue weighted by molar-refractivity contribution is 0.294. The van der Waals surface area contributed by atoms with Gasteiger partial charge in [-0.1, -0.05) is 37.8 Å². The van der Waals surface area contributed by atoms with Crippen LogP contribution in [0.1, 0.15) is 51.0 Å². The molecule has 0 amide bonds. The Kier molecular flexibility index (Phi) is 8.99. The van der Waals surface area contributed by atoms with Gasteiger partial charge in [-0.05, 0) is 37.0 Å². The molecule has 1 saturated carbocycles. The summed E-state index contributed by atoms with van der Waals surface area (Å²) in [5.74, 6) is 1.37. The quantitative estimate of drug-likeness (QED) is 0.754. The molecule has 1 aliphatic rings. The zero-order valence-corrected chi connectivity index (χ0v) is 15.1. The first-order valence-corrected chi connectivity index (χ1v) is 8.35. The van der Waals surface area contributed by atoms with Crippen molar-refractivity contribution in [1.82, 2.24) is 5.32 Å². The second-order valence-corrected chi connectivity index (χ2v) is 6.08. The third kappa shape index (κ3) is 5.53. The Hall–Kier alpha value is -0.640. The van der Waals surface area contributed by atoms with E-state index < -0.39 is 0 Å². The molecular formula is C17H27Cl2NO2. The van der Waals surface area contributed by atoms with E-state index in [2.05, 4.69) is 12.2 Å². The molecule has 1 aromatic rings. The van der Waals surface area contributed by atoms with Gasteiger partial charge in [-0.3, -0.25) is 0 Å². The summed E-state index contributed by atoms with van der Waals surface area (Å²) in [5.41, 5.74) is 1.14. The Morgan fingerprint density at radius 1 is 1.23 bits per heavy atom. The van der Waals surface area contributed by atoms with Crippen LogP contribution in [-0.2, 0) is 6.54 Å². The molecule has 3 nitrogen and oxygen atoms in total. The number of methoxy groups -OCH3 is 1.